The predicted molar refractivity (Wildman–Crippen MR) is 98.6 cm³/mol. The number of nitrogens with zero attached hydrogens (tertiary/aromatic N) is 2. The SMILES string of the molecule is FC(F)(F)c1cccc(N2C=C3C4=C(Cc5ccccc5)C=C(C4)N3C2)c1. The fourth-order valence-electron chi connectivity index (χ4n) is 4.03. The van der Waals surface area contributed by atoms with E-state index in [0.717, 1.165) is 24.6 Å². The second-order valence-electron chi connectivity index (χ2n) is 7.08. The van der Waals surface area contributed by atoms with Gasteiger partial charge < -0.3 is 9.80 Å². The minimum absolute atomic E-state index is 0.560. The highest BCUT2D eigenvalue weighted by Gasteiger charge is 2.39. The molecule has 0 N–H and O–H groups in total. The number of fused-ring (bicyclic) bond motifs is 5. The van der Waals surface area contributed by atoms with Gasteiger partial charge in [-0.25, -0.2) is 0 Å². The summed E-state index contributed by atoms with van der Waals surface area (Å²) in [5, 5.41) is 0. The van der Waals surface area contributed by atoms with Gasteiger partial charge in [-0.1, -0.05) is 36.4 Å². The summed E-state index contributed by atoms with van der Waals surface area (Å²) in [7, 11) is 0. The quantitative estimate of drug-likeness (QED) is 0.711. The molecule has 2 nitrogen and oxygen atoms in total. The second-order valence-corrected chi connectivity index (χ2v) is 7.08. The smallest absolute Gasteiger partial charge is 0.327 e. The van der Waals surface area contributed by atoms with Crippen molar-refractivity contribution in [1.29, 1.82) is 0 Å². The van der Waals surface area contributed by atoms with Crippen LogP contribution in [0.5, 0.6) is 0 Å². The van der Waals surface area contributed by atoms with Gasteiger partial charge in [-0.15, -0.1) is 0 Å². The monoisotopic (exact) mass is 366 g/mol. The molecular weight excluding hydrogens is 349 g/mol. The van der Waals surface area contributed by atoms with Gasteiger partial charge in [0.1, 0.15) is 0 Å². The summed E-state index contributed by atoms with van der Waals surface area (Å²) in [4.78, 5) is 4.09. The lowest BCUT2D eigenvalue weighted by atomic mass is 10.0. The van der Waals surface area contributed by atoms with Crippen LogP contribution in [-0.4, -0.2) is 11.6 Å². The topological polar surface area (TPSA) is 6.48 Å². The van der Waals surface area contributed by atoms with Gasteiger partial charge >= 0.3 is 6.18 Å². The van der Waals surface area contributed by atoms with E-state index in [1.54, 1.807) is 6.07 Å². The molecule has 5 heteroatoms. The number of benzene rings is 2. The molecule has 2 bridgehead atoms. The maximum absolute atomic E-state index is 13.0. The molecule has 2 heterocycles. The maximum atomic E-state index is 13.0. The van der Waals surface area contributed by atoms with E-state index in [2.05, 4.69) is 23.1 Å². The van der Waals surface area contributed by atoms with Crippen LogP contribution in [0.4, 0.5) is 18.9 Å². The summed E-state index contributed by atoms with van der Waals surface area (Å²) in [5.74, 6) is 0. The first-order valence-corrected chi connectivity index (χ1v) is 8.89. The Balaban J connectivity index is 1.44. The van der Waals surface area contributed by atoms with E-state index in [0.29, 0.717) is 12.4 Å². The zero-order chi connectivity index (χ0) is 18.6. The van der Waals surface area contributed by atoms with Crippen LogP contribution in [0.2, 0.25) is 0 Å². The Morgan fingerprint density at radius 2 is 1.78 bits per heavy atom. The molecule has 1 saturated heterocycles. The first-order valence-electron chi connectivity index (χ1n) is 8.89. The van der Waals surface area contributed by atoms with E-state index < -0.39 is 11.7 Å². The van der Waals surface area contributed by atoms with Crippen molar-refractivity contribution in [2.24, 2.45) is 0 Å². The second kappa shape index (κ2) is 5.78. The van der Waals surface area contributed by atoms with Crippen molar-refractivity contribution in [3.8, 4) is 0 Å². The van der Waals surface area contributed by atoms with Crippen LogP contribution < -0.4 is 4.90 Å². The van der Waals surface area contributed by atoms with Crippen molar-refractivity contribution in [3.63, 3.8) is 0 Å². The molecule has 1 fully saturated rings. The molecule has 5 rings (SSSR count). The van der Waals surface area contributed by atoms with Gasteiger partial charge in [0.25, 0.3) is 0 Å². The molecule has 1 aliphatic carbocycles. The Bertz CT molecular complexity index is 1000. The van der Waals surface area contributed by atoms with Gasteiger partial charge in [0.15, 0.2) is 0 Å². The van der Waals surface area contributed by atoms with Crippen molar-refractivity contribution < 1.29 is 13.2 Å². The summed E-state index contributed by atoms with van der Waals surface area (Å²) in [6, 6.07) is 15.8. The maximum Gasteiger partial charge on any atom is 0.416 e. The number of hydrogen-bond acceptors (Lipinski definition) is 2. The molecule has 0 spiro atoms. The van der Waals surface area contributed by atoms with Crippen LogP contribution in [0.15, 0.2) is 89.4 Å². The fraction of sp³-hybridized carbons (Fsp3) is 0.182. The van der Waals surface area contributed by atoms with Crippen LogP contribution in [0.3, 0.4) is 0 Å². The highest BCUT2D eigenvalue weighted by atomic mass is 19.4. The largest absolute Gasteiger partial charge is 0.416 e. The van der Waals surface area contributed by atoms with Gasteiger partial charge in [0.05, 0.1) is 17.9 Å². The highest BCUT2D eigenvalue weighted by Crippen LogP contribution is 2.47. The molecule has 2 aromatic carbocycles. The van der Waals surface area contributed by atoms with Crippen LogP contribution in [0.25, 0.3) is 0 Å². The number of allylic oxidation sites excluding steroid dienone is 4. The summed E-state index contributed by atoms with van der Waals surface area (Å²) < 4.78 is 39.1. The molecule has 0 unspecified atom stereocenters. The molecule has 27 heavy (non-hydrogen) atoms. The number of rotatable bonds is 3. The molecule has 0 amide bonds. The summed E-state index contributed by atoms with van der Waals surface area (Å²) in [6.45, 7) is 0.560. The molecule has 2 aromatic rings. The number of hydrogen-bond donors (Lipinski definition) is 0. The molecule has 2 aliphatic heterocycles. The summed E-state index contributed by atoms with van der Waals surface area (Å²) >= 11 is 0. The summed E-state index contributed by atoms with van der Waals surface area (Å²) in [6.07, 6.45) is 1.69. The Kier molecular flexibility index (Phi) is 3.47. The van der Waals surface area contributed by atoms with E-state index in [-0.39, 0.29) is 0 Å². The van der Waals surface area contributed by atoms with Gasteiger partial charge in [-0.3, -0.25) is 0 Å². The third-order valence-electron chi connectivity index (χ3n) is 5.35. The van der Waals surface area contributed by atoms with Crippen molar-refractivity contribution in [3.05, 3.63) is 101 Å². The van der Waals surface area contributed by atoms with E-state index in [1.165, 1.54) is 34.5 Å². The zero-order valence-electron chi connectivity index (χ0n) is 14.5. The lowest BCUT2D eigenvalue weighted by Crippen LogP contribution is -2.24. The predicted octanol–water partition coefficient (Wildman–Crippen LogP) is 5.47. The average Bonchev–Trinajstić information content (AvgIpc) is 3.33. The molecule has 0 radical (unpaired) electrons. The van der Waals surface area contributed by atoms with Crippen molar-refractivity contribution in [1.82, 2.24) is 4.90 Å². The van der Waals surface area contributed by atoms with Crippen LogP contribution in [0.1, 0.15) is 17.5 Å². The van der Waals surface area contributed by atoms with Gasteiger partial charge in [0, 0.05) is 24.0 Å². The normalized spacial score (nSPS) is 18.2. The lowest BCUT2D eigenvalue weighted by Gasteiger charge is -2.23. The third kappa shape index (κ3) is 2.74. The standard InChI is InChI=1S/C22H17F3N2/c23-22(24,25)17-7-4-8-18(11-17)26-13-21-20-12-19(27(21)14-26)10-16(20)9-15-5-2-1-3-6-15/h1-8,10-11,13H,9,12,14H2. The molecule has 136 valence electrons. The van der Waals surface area contributed by atoms with E-state index in [4.69, 9.17) is 0 Å². The molecule has 0 atom stereocenters. The van der Waals surface area contributed by atoms with Crippen molar-refractivity contribution >= 4 is 5.69 Å². The van der Waals surface area contributed by atoms with Crippen LogP contribution in [-0.2, 0) is 12.6 Å². The first-order chi connectivity index (χ1) is 13.0. The molecule has 0 saturated carbocycles. The number of alkyl halides is 3. The Labute approximate surface area is 155 Å². The molecule has 0 aromatic heterocycles. The molecular formula is C22H17F3N2. The zero-order valence-corrected chi connectivity index (χ0v) is 14.5. The Morgan fingerprint density at radius 1 is 0.963 bits per heavy atom. The Morgan fingerprint density at radius 3 is 2.56 bits per heavy atom. The molecule has 3 aliphatic rings. The minimum Gasteiger partial charge on any atom is -0.327 e. The number of anilines is 1. The van der Waals surface area contributed by atoms with E-state index in [9.17, 15) is 13.2 Å². The fourth-order valence-corrected chi connectivity index (χ4v) is 4.03. The summed E-state index contributed by atoms with van der Waals surface area (Å²) in [5.41, 5.74) is 6.18. The third-order valence-corrected chi connectivity index (χ3v) is 5.35. The van der Waals surface area contributed by atoms with E-state index >= 15 is 0 Å². The van der Waals surface area contributed by atoms with E-state index in [1.807, 2.05) is 29.3 Å². The van der Waals surface area contributed by atoms with Crippen LogP contribution in [0, 0.1) is 0 Å². The lowest BCUT2D eigenvalue weighted by molar-refractivity contribution is -0.137. The number of halogens is 3. The van der Waals surface area contributed by atoms with Crippen LogP contribution >= 0.6 is 0 Å². The average molecular weight is 366 g/mol. The van der Waals surface area contributed by atoms with Gasteiger partial charge in [0.2, 0.25) is 0 Å². The minimum atomic E-state index is -4.33. The first kappa shape index (κ1) is 16.2. The van der Waals surface area contributed by atoms with Gasteiger partial charge in [-0.2, -0.15) is 13.2 Å². The highest BCUT2D eigenvalue weighted by molar-refractivity contribution is 5.63. The Hall–Kier alpha value is -2.95. The van der Waals surface area contributed by atoms with Crippen molar-refractivity contribution in [2.45, 2.75) is 19.0 Å². The van der Waals surface area contributed by atoms with Gasteiger partial charge in [-0.05, 0) is 47.4 Å². The van der Waals surface area contributed by atoms with Crippen molar-refractivity contribution in [2.75, 3.05) is 11.6 Å².